The van der Waals surface area contributed by atoms with Gasteiger partial charge < -0.3 is 38.6 Å². The second-order valence-corrected chi connectivity index (χ2v) is 17.0. The third-order valence-corrected chi connectivity index (χ3v) is 11.1. The Hall–Kier alpha value is -7.23. The zero-order valence-electron chi connectivity index (χ0n) is 36.8. The number of carbonyl (C=O) groups is 4. The van der Waals surface area contributed by atoms with Gasteiger partial charge in [0.25, 0.3) is 0 Å². The highest BCUT2D eigenvalue weighted by Crippen LogP contribution is 2.32. The first-order valence-corrected chi connectivity index (χ1v) is 21.8. The normalized spacial score (nSPS) is 16.5. The minimum absolute atomic E-state index is 0.0104. The lowest BCUT2D eigenvalue weighted by atomic mass is 9.81. The molecule has 0 radical (unpaired) electrons. The lowest BCUT2D eigenvalue weighted by molar-refractivity contribution is -0.152. The summed E-state index contributed by atoms with van der Waals surface area (Å²) < 4.78 is 28.9. The van der Waals surface area contributed by atoms with Crippen molar-refractivity contribution >= 4 is 24.0 Å². The molecule has 1 N–H and O–H groups in total. The molecule has 5 aromatic rings. The highest BCUT2D eigenvalue weighted by molar-refractivity contribution is 5.98. The first kappa shape index (κ1) is 45.8. The molecule has 0 aliphatic carbocycles. The van der Waals surface area contributed by atoms with Crippen LogP contribution in [0.5, 0.6) is 40.6 Å². The van der Waals surface area contributed by atoms with Crippen LogP contribution in [0.15, 0.2) is 110 Å². The summed E-state index contributed by atoms with van der Waals surface area (Å²) in [5, 5.41) is 8.95. The van der Waals surface area contributed by atoms with Gasteiger partial charge in [0.15, 0.2) is 0 Å². The minimum Gasteiger partial charge on any atom is -0.490 e. The fourth-order valence-corrected chi connectivity index (χ4v) is 7.52. The third kappa shape index (κ3) is 13.6. The van der Waals surface area contributed by atoms with Gasteiger partial charge in [0.2, 0.25) is 29.5 Å². The Bertz CT molecular complexity index is 2330. The van der Waals surface area contributed by atoms with Crippen LogP contribution in [0.1, 0.15) is 63.5 Å². The van der Waals surface area contributed by atoms with E-state index in [1.54, 1.807) is 41.7 Å². The Morgan fingerprint density at radius 1 is 0.646 bits per heavy atom. The topological polar surface area (TPSA) is 183 Å². The van der Waals surface area contributed by atoms with Crippen molar-refractivity contribution in [3.63, 3.8) is 0 Å². The predicted octanol–water partition coefficient (Wildman–Crippen LogP) is 8.73. The van der Waals surface area contributed by atoms with Crippen molar-refractivity contribution in [2.24, 2.45) is 5.41 Å². The van der Waals surface area contributed by atoms with Gasteiger partial charge >= 0.3 is 12.2 Å². The van der Waals surface area contributed by atoms with Crippen molar-refractivity contribution in [1.82, 2.24) is 29.7 Å². The van der Waals surface area contributed by atoms with Crippen molar-refractivity contribution in [3.8, 4) is 40.6 Å². The van der Waals surface area contributed by atoms with E-state index in [2.05, 4.69) is 15.0 Å². The van der Waals surface area contributed by atoms with Gasteiger partial charge in [-0.25, -0.2) is 24.5 Å². The van der Waals surface area contributed by atoms with E-state index in [-0.39, 0.29) is 35.3 Å². The summed E-state index contributed by atoms with van der Waals surface area (Å²) in [7, 11) is 0. The van der Waals surface area contributed by atoms with Crippen LogP contribution in [0.25, 0.3) is 0 Å². The Balaban J connectivity index is 0.000000223. The lowest BCUT2D eigenvalue weighted by Gasteiger charge is -2.34. The molecule has 3 aliphatic heterocycles. The molecule has 340 valence electrons. The summed E-state index contributed by atoms with van der Waals surface area (Å²) in [6, 6.07) is 27.5. The molecule has 0 spiro atoms. The van der Waals surface area contributed by atoms with Crippen LogP contribution < -0.4 is 23.7 Å². The molecule has 0 saturated carbocycles. The molecule has 3 aromatic heterocycles. The highest BCUT2D eigenvalue weighted by atomic mass is 16.6. The SMILES string of the molecule is CC1(C)CC(=O)N(CCc2ccc(OC(=O)N3CCC(Oc4ccc(Oc5ccccn5)cc4)CC3)nc2)C(=O)C1.Cc1ccc(Oc2ccc(OC3CCN(C(=O)O)CC3)cc2)nc1. The molecule has 16 nitrogen and oxygen atoms in total. The van der Waals surface area contributed by atoms with Crippen molar-refractivity contribution < 1.29 is 48.0 Å². The molecule has 8 rings (SSSR count). The van der Waals surface area contributed by atoms with Crippen molar-refractivity contribution in [3.05, 3.63) is 121 Å². The monoisotopic (exact) mass is 886 g/mol. The zero-order chi connectivity index (χ0) is 45.8. The number of carboxylic acid groups (broad SMARTS) is 1. The maximum atomic E-state index is 12.7. The highest BCUT2D eigenvalue weighted by Gasteiger charge is 2.37. The number of amides is 4. The zero-order valence-corrected chi connectivity index (χ0v) is 36.8. The van der Waals surface area contributed by atoms with Crippen LogP contribution in [0, 0.1) is 12.3 Å². The molecule has 3 aliphatic rings. The molecule has 4 amide bonds. The van der Waals surface area contributed by atoms with E-state index in [0.717, 1.165) is 22.6 Å². The Morgan fingerprint density at radius 3 is 1.66 bits per heavy atom. The molecule has 0 unspecified atom stereocenters. The average molecular weight is 887 g/mol. The molecule has 0 bridgehead atoms. The van der Waals surface area contributed by atoms with Gasteiger partial charge in [-0.15, -0.1) is 0 Å². The van der Waals surface area contributed by atoms with E-state index >= 15 is 0 Å². The van der Waals surface area contributed by atoms with Crippen LogP contribution in [-0.2, 0) is 16.0 Å². The minimum atomic E-state index is -0.861. The van der Waals surface area contributed by atoms with E-state index in [0.29, 0.717) is 101 Å². The molecule has 2 aromatic carbocycles. The number of ether oxygens (including phenoxy) is 5. The second-order valence-electron chi connectivity index (χ2n) is 17.0. The Kier molecular flexibility index (Phi) is 15.1. The largest absolute Gasteiger partial charge is 0.490 e. The van der Waals surface area contributed by atoms with E-state index in [9.17, 15) is 19.2 Å². The van der Waals surface area contributed by atoms with Gasteiger partial charge in [0.1, 0.15) is 35.2 Å². The molecule has 3 fully saturated rings. The number of hydrogen-bond donors (Lipinski definition) is 1. The number of carbonyl (C=O) groups excluding carboxylic acids is 3. The number of aryl methyl sites for hydroxylation is 1. The molecular formula is C49H54N6O10. The van der Waals surface area contributed by atoms with Crippen LogP contribution in [0.2, 0.25) is 0 Å². The first-order valence-electron chi connectivity index (χ1n) is 21.8. The smallest absolute Gasteiger partial charge is 0.416 e. The van der Waals surface area contributed by atoms with Crippen molar-refractivity contribution in [2.75, 3.05) is 32.7 Å². The maximum Gasteiger partial charge on any atom is 0.416 e. The third-order valence-electron chi connectivity index (χ3n) is 11.1. The summed E-state index contributed by atoms with van der Waals surface area (Å²) >= 11 is 0. The van der Waals surface area contributed by atoms with Gasteiger partial charge in [-0.05, 0) is 84.5 Å². The number of pyridine rings is 3. The Labute approximate surface area is 378 Å². The molecule has 16 heteroatoms. The quantitative estimate of drug-likeness (QED) is 0.118. The molecule has 0 atom stereocenters. The fourth-order valence-electron chi connectivity index (χ4n) is 7.52. The van der Waals surface area contributed by atoms with Crippen LogP contribution in [-0.4, -0.2) is 104 Å². The second kappa shape index (κ2) is 21.4. The summed E-state index contributed by atoms with van der Waals surface area (Å²) in [5.41, 5.74) is 1.65. The number of aromatic nitrogens is 3. The van der Waals surface area contributed by atoms with E-state index in [4.69, 9.17) is 28.8 Å². The van der Waals surface area contributed by atoms with Crippen molar-refractivity contribution in [1.29, 1.82) is 0 Å². The average Bonchev–Trinajstić information content (AvgIpc) is 3.29. The van der Waals surface area contributed by atoms with Gasteiger partial charge in [-0.1, -0.05) is 32.0 Å². The van der Waals surface area contributed by atoms with Crippen LogP contribution >= 0.6 is 0 Å². The molecule has 6 heterocycles. The Morgan fingerprint density at radius 2 is 1.17 bits per heavy atom. The summed E-state index contributed by atoms with van der Waals surface area (Å²) in [6.45, 7) is 8.21. The molecular weight excluding hydrogens is 833 g/mol. The number of hydrogen-bond acceptors (Lipinski definition) is 12. The number of rotatable bonds is 12. The number of piperidine rings is 3. The van der Waals surface area contributed by atoms with Gasteiger partial charge in [-0.3, -0.25) is 14.5 Å². The van der Waals surface area contributed by atoms with E-state index < -0.39 is 12.2 Å². The van der Waals surface area contributed by atoms with E-state index in [1.165, 1.54) is 9.80 Å². The standard InChI is InChI=1S/C31H34N4O6.C18H20N2O4/c1-31(2)19-28(36)35(29(37)20-31)18-12-22-6-11-27(33-21-22)41-30(38)34-16-13-25(14-17-34)39-23-7-9-24(10-8-23)40-26-5-3-4-15-32-26;1-13-2-7-17(19-12-13)24-15-5-3-14(4-6-15)23-16-8-10-20(11-9-16)18(21)22/h3-11,15,21,25H,12-14,16-20H2,1-2H3;2-7,12,16H,8-11H2,1H3,(H,21,22). The van der Waals surface area contributed by atoms with Crippen LogP contribution in [0.3, 0.4) is 0 Å². The van der Waals surface area contributed by atoms with Gasteiger partial charge in [-0.2, -0.15) is 0 Å². The summed E-state index contributed by atoms with van der Waals surface area (Å²) in [5.74, 6) is 3.87. The van der Waals surface area contributed by atoms with Gasteiger partial charge in [0, 0.05) is 108 Å². The predicted molar refractivity (Wildman–Crippen MR) is 238 cm³/mol. The first-order chi connectivity index (χ1) is 31.3. The molecule has 3 saturated heterocycles. The number of imide groups is 1. The summed E-state index contributed by atoms with van der Waals surface area (Å²) in [4.78, 5) is 65.3. The van der Waals surface area contributed by atoms with E-state index in [1.807, 2.05) is 93.6 Å². The molecule has 65 heavy (non-hydrogen) atoms. The lowest BCUT2D eigenvalue weighted by Crippen LogP contribution is -2.46. The fraction of sp³-hybridized carbons (Fsp3) is 0.367. The van der Waals surface area contributed by atoms with Crippen molar-refractivity contribution in [2.45, 2.75) is 77.9 Å². The number of nitrogens with zero attached hydrogens (tertiary/aromatic N) is 6. The van der Waals surface area contributed by atoms with Gasteiger partial charge in [0.05, 0.1) is 0 Å². The number of benzene rings is 2. The van der Waals surface area contributed by atoms with Crippen LogP contribution in [0.4, 0.5) is 9.59 Å². The summed E-state index contributed by atoms with van der Waals surface area (Å²) in [6.07, 6.45) is 7.77. The maximum absolute atomic E-state index is 12.7. The number of likely N-dealkylation sites (tertiary alicyclic amines) is 3.